The van der Waals surface area contributed by atoms with Crippen LogP contribution in [0.15, 0.2) is 60.8 Å². The lowest BCUT2D eigenvalue weighted by Gasteiger charge is -2.18. The highest BCUT2D eigenvalue weighted by atomic mass is 16.6. The number of unbranched alkanes of at least 4 members (excludes halogenated alkanes) is 33. The fraction of sp³-hybridized carbons (Fsp3) is 0.794. The Morgan fingerprint density at radius 3 is 0.870 bits per heavy atom. The summed E-state index contributed by atoms with van der Waals surface area (Å²) in [6.07, 6.45) is 72.1. The van der Waals surface area contributed by atoms with Gasteiger partial charge in [-0.25, -0.2) is 0 Å². The summed E-state index contributed by atoms with van der Waals surface area (Å²) in [6.45, 7) is 6.58. The van der Waals surface area contributed by atoms with Gasteiger partial charge in [-0.1, -0.05) is 261 Å². The number of allylic oxidation sites excluding steroid dienone is 10. The third-order valence-corrected chi connectivity index (χ3v) is 13.0. The summed E-state index contributed by atoms with van der Waals surface area (Å²) in [5.41, 5.74) is 0. The Morgan fingerprint density at radius 2 is 0.551 bits per heavy atom. The minimum absolute atomic E-state index is 0.0803. The zero-order chi connectivity index (χ0) is 50.0. The van der Waals surface area contributed by atoms with Crippen LogP contribution in [-0.2, 0) is 28.6 Å². The van der Waals surface area contributed by atoms with E-state index in [0.29, 0.717) is 19.3 Å². The van der Waals surface area contributed by atoms with Crippen LogP contribution in [0.3, 0.4) is 0 Å². The molecule has 6 heteroatoms. The topological polar surface area (TPSA) is 78.9 Å². The monoisotopic (exact) mass is 965 g/mol. The Bertz CT molecular complexity index is 1250. The lowest BCUT2D eigenvalue weighted by molar-refractivity contribution is -0.167. The van der Waals surface area contributed by atoms with Crippen molar-refractivity contribution in [3.8, 4) is 0 Å². The first-order valence-electron chi connectivity index (χ1n) is 29.8. The van der Waals surface area contributed by atoms with E-state index in [1.807, 2.05) is 0 Å². The van der Waals surface area contributed by atoms with Crippen LogP contribution in [0.2, 0.25) is 0 Å². The number of carbonyl (C=O) groups is 3. The molecule has 0 amide bonds. The molecular formula is C63H112O6. The lowest BCUT2D eigenvalue weighted by atomic mass is 10.0. The first-order chi connectivity index (χ1) is 34.0. The predicted octanol–water partition coefficient (Wildman–Crippen LogP) is 20.0. The summed E-state index contributed by atoms with van der Waals surface area (Å²) in [5, 5.41) is 0. The Balaban J connectivity index is 4.32. The number of rotatable bonds is 54. The molecular weight excluding hydrogens is 853 g/mol. The normalized spacial score (nSPS) is 12.4. The molecule has 0 aliphatic carbocycles. The Kier molecular flexibility index (Phi) is 55.3. The van der Waals surface area contributed by atoms with Crippen molar-refractivity contribution < 1.29 is 28.6 Å². The molecule has 0 aliphatic rings. The molecule has 0 aromatic heterocycles. The maximum Gasteiger partial charge on any atom is 0.306 e. The molecule has 1 atom stereocenters. The number of ether oxygens (including phenoxy) is 3. The van der Waals surface area contributed by atoms with Crippen LogP contribution in [0.5, 0.6) is 0 Å². The minimum atomic E-state index is -0.781. The van der Waals surface area contributed by atoms with Crippen molar-refractivity contribution >= 4 is 17.9 Å². The zero-order valence-electron chi connectivity index (χ0n) is 45.8. The molecule has 0 spiro atoms. The number of hydrogen-bond donors (Lipinski definition) is 0. The van der Waals surface area contributed by atoms with E-state index < -0.39 is 6.10 Å². The fourth-order valence-corrected chi connectivity index (χ4v) is 8.49. The molecule has 0 saturated carbocycles. The van der Waals surface area contributed by atoms with Crippen LogP contribution in [0.4, 0.5) is 0 Å². The molecule has 0 aromatic carbocycles. The second-order valence-corrected chi connectivity index (χ2v) is 19.9. The van der Waals surface area contributed by atoms with Gasteiger partial charge in [-0.3, -0.25) is 14.4 Å². The third-order valence-electron chi connectivity index (χ3n) is 13.0. The van der Waals surface area contributed by atoms with E-state index >= 15 is 0 Å². The highest BCUT2D eigenvalue weighted by molar-refractivity contribution is 5.71. The lowest BCUT2D eigenvalue weighted by Crippen LogP contribution is -2.30. The van der Waals surface area contributed by atoms with E-state index in [1.165, 1.54) is 161 Å². The number of carbonyl (C=O) groups excluding carboxylic acids is 3. The average molecular weight is 966 g/mol. The standard InChI is InChI=1S/C63H112O6/c1-4-7-10-13-16-19-22-25-27-28-29-30-31-32-33-34-36-38-41-44-47-50-53-56-62(65)68-59-60(58-67-61(64)55-52-49-46-43-40-37-24-21-18-15-12-9-6-3)69-63(66)57-54-51-48-45-42-39-35-26-23-20-17-14-11-8-5-2/h12,15,21-22,24-25,28-29,31-32,60H,4-11,13-14,16-20,23,26-27,30,33-59H2,1-3H3/b15-12-,24-21-,25-22-,29-28-,32-31-. The van der Waals surface area contributed by atoms with Crippen LogP contribution >= 0.6 is 0 Å². The van der Waals surface area contributed by atoms with Crippen molar-refractivity contribution in [2.45, 2.75) is 309 Å². The molecule has 0 heterocycles. The van der Waals surface area contributed by atoms with Gasteiger partial charge in [-0.2, -0.15) is 0 Å². The van der Waals surface area contributed by atoms with E-state index in [2.05, 4.69) is 81.5 Å². The van der Waals surface area contributed by atoms with Gasteiger partial charge >= 0.3 is 17.9 Å². The maximum atomic E-state index is 12.9. The first-order valence-corrected chi connectivity index (χ1v) is 29.8. The van der Waals surface area contributed by atoms with E-state index in [1.54, 1.807) is 0 Å². The van der Waals surface area contributed by atoms with Gasteiger partial charge in [0.05, 0.1) is 0 Å². The van der Waals surface area contributed by atoms with Crippen molar-refractivity contribution in [3.05, 3.63) is 60.8 Å². The van der Waals surface area contributed by atoms with E-state index in [-0.39, 0.29) is 31.1 Å². The van der Waals surface area contributed by atoms with Crippen molar-refractivity contribution in [1.29, 1.82) is 0 Å². The smallest absolute Gasteiger partial charge is 0.306 e. The number of esters is 3. The van der Waals surface area contributed by atoms with Crippen molar-refractivity contribution in [2.75, 3.05) is 13.2 Å². The van der Waals surface area contributed by atoms with Crippen LogP contribution in [0, 0.1) is 0 Å². The summed E-state index contributed by atoms with van der Waals surface area (Å²) < 4.78 is 16.9. The Hall–Kier alpha value is -2.89. The molecule has 0 aliphatic heterocycles. The Morgan fingerprint density at radius 1 is 0.290 bits per heavy atom. The van der Waals surface area contributed by atoms with E-state index in [9.17, 15) is 14.4 Å². The van der Waals surface area contributed by atoms with Crippen LogP contribution < -0.4 is 0 Å². The summed E-state index contributed by atoms with van der Waals surface area (Å²) in [7, 11) is 0. The van der Waals surface area contributed by atoms with Gasteiger partial charge in [0.1, 0.15) is 13.2 Å². The highest BCUT2D eigenvalue weighted by Crippen LogP contribution is 2.16. The summed E-state index contributed by atoms with van der Waals surface area (Å²) in [4.78, 5) is 38.2. The molecule has 0 saturated heterocycles. The second-order valence-electron chi connectivity index (χ2n) is 19.9. The predicted molar refractivity (Wildman–Crippen MR) is 298 cm³/mol. The molecule has 400 valence electrons. The fourth-order valence-electron chi connectivity index (χ4n) is 8.49. The molecule has 0 bridgehead atoms. The van der Waals surface area contributed by atoms with Crippen LogP contribution in [0.1, 0.15) is 303 Å². The largest absolute Gasteiger partial charge is 0.462 e. The van der Waals surface area contributed by atoms with Gasteiger partial charge in [-0.15, -0.1) is 0 Å². The SMILES string of the molecule is CCC/C=C\C/C=C\CCCCCCCC(=O)OCC(COC(=O)CCCCCCCCCC/C=C\C/C=C\C/C=C\CCCCCCC)OC(=O)CCCCCCCCCCCCCCCCC. The molecule has 0 fully saturated rings. The molecule has 0 rings (SSSR count). The van der Waals surface area contributed by atoms with Crippen molar-refractivity contribution in [3.63, 3.8) is 0 Å². The van der Waals surface area contributed by atoms with E-state index in [4.69, 9.17) is 14.2 Å². The molecule has 0 N–H and O–H groups in total. The van der Waals surface area contributed by atoms with Gasteiger partial charge in [0.25, 0.3) is 0 Å². The first kappa shape index (κ1) is 66.1. The molecule has 0 aromatic rings. The summed E-state index contributed by atoms with van der Waals surface area (Å²) in [5.74, 6) is -0.888. The minimum Gasteiger partial charge on any atom is -0.462 e. The van der Waals surface area contributed by atoms with Crippen LogP contribution in [0.25, 0.3) is 0 Å². The quantitative estimate of drug-likeness (QED) is 0.0262. The van der Waals surface area contributed by atoms with Gasteiger partial charge in [0, 0.05) is 19.3 Å². The Labute approximate surface area is 428 Å². The molecule has 6 nitrogen and oxygen atoms in total. The van der Waals surface area contributed by atoms with E-state index in [0.717, 1.165) is 103 Å². The van der Waals surface area contributed by atoms with Crippen LogP contribution in [-0.4, -0.2) is 37.2 Å². The molecule has 69 heavy (non-hydrogen) atoms. The van der Waals surface area contributed by atoms with Crippen molar-refractivity contribution in [2.24, 2.45) is 0 Å². The van der Waals surface area contributed by atoms with Gasteiger partial charge in [0.15, 0.2) is 6.10 Å². The van der Waals surface area contributed by atoms with Gasteiger partial charge in [-0.05, 0) is 83.5 Å². The van der Waals surface area contributed by atoms with Crippen molar-refractivity contribution in [1.82, 2.24) is 0 Å². The average Bonchev–Trinajstić information content (AvgIpc) is 3.35. The number of hydrogen-bond acceptors (Lipinski definition) is 6. The molecule has 0 radical (unpaired) electrons. The summed E-state index contributed by atoms with van der Waals surface area (Å²) in [6, 6.07) is 0. The van der Waals surface area contributed by atoms with Gasteiger partial charge in [0.2, 0.25) is 0 Å². The second kappa shape index (κ2) is 57.7. The highest BCUT2D eigenvalue weighted by Gasteiger charge is 2.19. The molecule has 1 unspecified atom stereocenters. The van der Waals surface area contributed by atoms with Gasteiger partial charge < -0.3 is 14.2 Å². The summed E-state index contributed by atoms with van der Waals surface area (Å²) >= 11 is 0. The zero-order valence-corrected chi connectivity index (χ0v) is 45.8. The maximum absolute atomic E-state index is 12.9. The third kappa shape index (κ3) is 55.9.